The minimum atomic E-state index is 0.734. The summed E-state index contributed by atoms with van der Waals surface area (Å²) >= 11 is 4.80. The summed E-state index contributed by atoms with van der Waals surface area (Å²) in [5.74, 6) is 0. The van der Waals surface area contributed by atoms with Gasteiger partial charge in [-0.1, -0.05) is 11.3 Å². The predicted octanol–water partition coefficient (Wildman–Crippen LogP) is 1.88. The molecule has 0 spiro atoms. The van der Waals surface area contributed by atoms with E-state index >= 15 is 0 Å². The zero-order valence-corrected chi connectivity index (χ0v) is 8.61. The van der Waals surface area contributed by atoms with E-state index < -0.39 is 0 Å². The lowest BCUT2D eigenvalue weighted by molar-refractivity contribution is 0.150. The van der Waals surface area contributed by atoms with Crippen molar-refractivity contribution in [2.24, 2.45) is 0 Å². The highest BCUT2D eigenvalue weighted by atomic mass is 79.9. The van der Waals surface area contributed by atoms with Gasteiger partial charge in [-0.3, -0.25) is 0 Å². The van der Waals surface area contributed by atoms with E-state index in [0.29, 0.717) is 0 Å². The van der Waals surface area contributed by atoms with E-state index in [1.54, 1.807) is 11.3 Å². The average molecular weight is 237 g/mol. The molecule has 0 bridgehead atoms. The fourth-order valence-electron chi connectivity index (χ4n) is 0.638. The number of halogens is 1. The second-order valence-corrected chi connectivity index (χ2v) is 4.23. The number of ether oxygens (including phenoxy) is 1. The van der Waals surface area contributed by atoms with Gasteiger partial charge in [-0.25, -0.2) is 0 Å². The van der Waals surface area contributed by atoms with Gasteiger partial charge < -0.3 is 4.74 Å². The van der Waals surface area contributed by atoms with Crippen molar-refractivity contribution >= 4 is 27.3 Å². The zero-order valence-electron chi connectivity index (χ0n) is 6.21. The Morgan fingerprint density at radius 2 is 2.36 bits per heavy atom. The minimum absolute atomic E-state index is 0.734. The number of hydrogen-bond acceptors (Lipinski definition) is 4. The molecule has 0 N–H and O–H groups in total. The molecule has 0 saturated heterocycles. The molecular weight excluding hydrogens is 228 g/mol. The fourth-order valence-corrected chi connectivity index (χ4v) is 1.82. The minimum Gasteiger partial charge on any atom is -0.381 e. The van der Waals surface area contributed by atoms with Crippen LogP contribution in [0.5, 0.6) is 0 Å². The van der Waals surface area contributed by atoms with Crippen molar-refractivity contribution in [3.05, 3.63) is 8.92 Å². The van der Waals surface area contributed by atoms with E-state index in [4.69, 9.17) is 4.74 Å². The molecule has 62 valence electrons. The molecule has 0 saturated carbocycles. The zero-order chi connectivity index (χ0) is 8.10. The third-order valence-corrected chi connectivity index (χ3v) is 2.52. The molecule has 3 nitrogen and oxygen atoms in total. The largest absolute Gasteiger partial charge is 0.381 e. The van der Waals surface area contributed by atoms with E-state index in [-0.39, 0.29) is 0 Å². The van der Waals surface area contributed by atoms with E-state index in [2.05, 4.69) is 26.1 Å². The topological polar surface area (TPSA) is 35.0 Å². The van der Waals surface area contributed by atoms with Gasteiger partial charge in [0.25, 0.3) is 0 Å². The smallest absolute Gasteiger partial charge is 0.183 e. The van der Waals surface area contributed by atoms with Gasteiger partial charge in [0, 0.05) is 13.0 Å². The summed E-state index contributed by atoms with van der Waals surface area (Å²) in [6, 6.07) is 0. The lowest BCUT2D eigenvalue weighted by Crippen LogP contribution is -1.97. The van der Waals surface area contributed by atoms with Crippen molar-refractivity contribution in [3.8, 4) is 0 Å². The van der Waals surface area contributed by atoms with Crippen LogP contribution in [0.3, 0.4) is 0 Å². The Balaban J connectivity index is 2.27. The van der Waals surface area contributed by atoms with E-state index in [1.807, 2.05) is 6.92 Å². The highest BCUT2D eigenvalue weighted by Gasteiger charge is 1.99. The molecule has 1 aromatic heterocycles. The van der Waals surface area contributed by atoms with Crippen LogP contribution in [0.4, 0.5) is 0 Å². The van der Waals surface area contributed by atoms with Gasteiger partial charge >= 0.3 is 0 Å². The third-order valence-electron chi connectivity index (χ3n) is 1.11. The number of rotatable bonds is 4. The number of nitrogens with zero attached hydrogens (tertiary/aromatic N) is 2. The van der Waals surface area contributed by atoms with Crippen LogP contribution in [0.1, 0.15) is 11.9 Å². The molecule has 0 amide bonds. The monoisotopic (exact) mass is 236 g/mol. The van der Waals surface area contributed by atoms with Crippen molar-refractivity contribution in [3.63, 3.8) is 0 Å². The first-order valence-electron chi connectivity index (χ1n) is 3.38. The molecule has 0 aliphatic carbocycles. The van der Waals surface area contributed by atoms with E-state index in [1.165, 1.54) is 0 Å². The normalized spacial score (nSPS) is 10.4. The Kier molecular flexibility index (Phi) is 3.96. The molecule has 0 aromatic carbocycles. The predicted molar refractivity (Wildman–Crippen MR) is 47.8 cm³/mol. The highest BCUT2D eigenvalue weighted by Crippen LogP contribution is 2.15. The van der Waals surface area contributed by atoms with Crippen LogP contribution >= 0.6 is 27.3 Å². The standard InChI is InChI=1S/C6H9BrN2OS/c1-2-10-4-3-5-8-9-6(7)11-5/h2-4H2,1H3. The molecule has 0 aliphatic heterocycles. The maximum Gasteiger partial charge on any atom is 0.183 e. The molecule has 11 heavy (non-hydrogen) atoms. The van der Waals surface area contributed by atoms with Crippen LogP contribution in [-0.2, 0) is 11.2 Å². The second-order valence-electron chi connectivity index (χ2n) is 1.90. The van der Waals surface area contributed by atoms with Gasteiger partial charge in [0.1, 0.15) is 5.01 Å². The molecule has 0 atom stereocenters. The molecule has 0 fully saturated rings. The van der Waals surface area contributed by atoms with Crippen LogP contribution in [0.15, 0.2) is 3.92 Å². The van der Waals surface area contributed by atoms with Gasteiger partial charge in [0.05, 0.1) is 6.61 Å². The summed E-state index contributed by atoms with van der Waals surface area (Å²) in [5, 5.41) is 8.77. The summed E-state index contributed by atoms with van der Waals surface area (Å²) in [4.78, 5) is 0. The van der Waals surface area contributed by atoms with Crippen molar-refractivity contribution < 1.29 is 4.74 Å². The summed E-state index contributed by atoms with van der Waals surface area (Å²) < 4.78 is 6.01. The van der Waals surface area contributed by atoms with E-state index in [0.717, 1.165) is 28.6 Å². The Morgan fingerprint density at radius 3 is 2.91 bits per heavy atom. The molecule has 0 unspecified atom stereocenters. The average Bonchev–Trinajstić information content (AvgIpc) is 2.37. The maximum atomic E-state index is 5.17. The lowest BCUT2D eigenvalue weighted by atomic mass is 10.5. The lowest BCUT2D eigenvalue weighted by Gasteiger charge is -1.95. The Bertz CT molecular complexity index is 216. The van der Waals surface area contributed by atoms with Gasteiger partial charge in [-0.05, 0) is 22.9 Å². The second kappa shape index (κ2) is 4.79. The Hall–Kier alpha value is -0.0000000000000000833. The Labute approximate surface area is 77.9 Å². The van der Waals surface area contributed by atoms with Gasteiger partial charge in [0.2, 0.25) is 0 Å². The van der Waals surface area contributed by atoms with Gasteiger partial charge in [0.15, 0.2) is 3.92 Å². The molecule has 1 heterocycles. The number of aromatic nitrogens is 2. The first-order chi connectivity index (χ1) is 5.33. The third kappa shape index (κ3) is 3.27. The summed E-state index contributed by atoms with van der Waals surface area (Å²) in [5.41, 5.74) is 0. The SMILES string of the molecule is CCOCCc1nnc(Br)s1. The quantitative estimate of drug-likeness (QED) is 0.750. The van der Waals surface area contributed by atoms with Crippen molar-refractivity contribution in [1.29, 1.82) is 0 Å². The van der Waals surface area contributed by atoms with Crippen LogP contribution in [-0.4, -0.2) is 23.4 Å². The van der Waals surface area contributed by atoms with Crippen LogP contribution in [0, 0.1) is 0 Å². The van der Waals surface area contributed by atoms with Crippen LogP contribution < -0.4 is 0 Å². The summed E-state index contributed by atoms with van der Waals surface area (Å²) in [7, 11) is 0. The fraction of sp³-hybridized carbons (Fsp3) is 0.667. The van der Waals surface area contributed by atoms with Crippen LogP contribution in [0.25, 0.3) is 0 Å². The van der Waals surface area contributed by atoms with Gasteiger partial charge in [-0.15, -0.1) is 10.2 Å². The van der Waals surface area contributed by atoms with Gasteiger partial charge in [-0.2, -0.15) is 0 Å². The number of hydrogen-bond donors (Lipinski definition) is 0. The highest BCUT2D eigenvalue weighted by molar-refractivity contribution is 9.11. The van der Waals surface area contributed by atoms with Crippen molar-refractivity contribution in [1.82, 2.24) is 10.2 Å². The van der Waals surface area contributed by atoms with Crippen LogP contribution in [0.2, 0.25) is 0 Å². The summed E-state index contributed by atoms with van der Waals surface area (Å²) in [6.07, 6.45) is 0.858. The molecule has 0 radical (unpaired) electrons. The molecule has 1 aromatic rings. The summed E-state index contributed by atoms with van der Waals surface area (Å²) in [6.45, 7) is 3.48. The molecule has 1 rings (SSSR count). The maximum absolute atomic E-state index is 5.17. The molecule has 5 heteroatoms. The first kappa shape index (κ1) is 9.09. The molecule has 0 aliphatic rings. The van der Waals surface area contributed by atoms with Crippen molar-refractivity contribution in [2.45, 2.75) is 13.3 Å². The van der Waals surface area contributed by atoms with E-state index in [9.17, 15) is 0 Å². The Morgan fingerprint density at radius 1 is 1.55 bits per heavy atom. The molecular formula is C6H9BrN2OS. The van der Waals surface area contributed by atoms with Crippen molar-refractivity contribution in [2.75, 3.05) is 13.2 Å². The first-order valence-corrected chi connectivity index (χ1v) is 4.99.